The van der Waals surface area contributed by atoms with Crippen LogP contribution >= 0.6 is 55.1 Å². The molecule has 0 amide bonds. The van der Waals surface area contributed by atoms with Gasteiger partial charge in [0, 0.05) is 25.4 Å². The lowest BCUT2D eigenvalue weighted by Crippen LogP contribution is -2.02. The van der Waals surface area contributed by atoms with E-state index in [1.165, 1.54) is 24.3 Å². The summed E-state index contributed by atoms with van der Waals surface area (Å²) in [5, 5.41) is 0.712. The minimum absolute atomic E-state index is 0.223. The molecule has 0 saturated carbocycles. The maximum atomic E-state index is 13.9. The van der Waals surface area contributed by atoms with E-state index in [0.29, 0.717) is 25.6 Å². The van der Waals surface area contributed by atoms with Crippen molar-refractivity contribution in [1.29, 1.82) is 0 Å². The van der Waals surface area contributed by atoms with Gasteiger partial charge < -0.3 is 0 Å². The molecule has 0 heterocycles. The van der Waals surface area contributed by atoms with Gasteiger partial charge in [-0.1, -0.05) is 45.2 Å². The summed E-state index contributed by atoms with van der Waals surface area (Å²) >= 11 is 18.4. The highest BCUT2D eigenvalue weighted by Gasteiger charge is 2.18. The van der Waals surface area contributed by atoms with Crippen LogP contribution in [0.3, 0.4) is 0 Å². The van der Waals surface area contributed by atoms with Gasteiger partial charge in [0.1, 0.15) is 11.6 Å². The largest absolute Gasteiger partial charge is 0.207 e. The van der Waals surface area contributed by atoms with E-state index in [0.717, 1.165) is 0 Å². The molecule has 0 aliphatic carbocycles. The van der Waals surface area contributed by atoms with Crippen molar-refractivity contribution in [3.05, 3.63) is 67.6 Å². The average Bonchev–Trinajstić information content (AvgIpc) is 2.38. The summed E-state index contributed by atoms with van der Waals surface area (Å²) in [6, 6.07) is 7.25. The Morgan fingerprint density at radius 2 is 1.75 bits per heavy atom. The Bertz CT molecular complexity index is 627. The fourth-order valence-corrected chi connectivity index (χ4v) is 3.20. The van der Waals surface area contributed by atoms with Crippen molar-refractivity contribution in [1.82, 2.24) is 0 Å². The van der Waals surface area contributed by atoms with E-state index < -0.39 is 16.5 Å². The summed E-state index contributed by atoms with van der Waals surface area (Å²) in [5.74, 6) is -0.832. The van der Waals surface area contributed by atoms with Gasteiger partial charge in [0.25, 0.3) is 0 Å². The highest BCUT2D eigenvalue weighted by atomic mass is 79.9. The smallest absolute Gasteiger partial charge is 0.128 e. The monoisotopic (exact) mass is 442 g/mol. The zero-order chi connectivity index (χ0) is 14.9. The van der Waals surface area contributed by atoms with Crippen molar-refractivity contribution in [3.8, 4) is 0 Å². The average molecular weight is 445 g/mol. The second kappa shape index (κ2) is 6.73. The molecule has 0 aliphatic heterocycles. The van der Waals surface area contributed by atoms with Gasteiger partial charge in [0.2, 0.25) is 0 Å². The predicted octanol–water partition coefficient (Wildman–Crippen LogP) is 6.71. The first-order valence-electron chi connectivity index (χ1n) is 5.61. The first-order chi connectivity index (χ1) is 9.40. The van der Waals surface area contributed by atoms with Gasteiger partial charge in [-0.15, -0.1) is 0 Å². The molecule has 2 rings (SSSR count). The highest BCUT2D eigenvalue weighted by molar-refractivity contribution is 9.10. The molecule has 2 aromatic carbocycles. The predicted molar refractivity (Wildman–Crippen MR) is 85.9 cm³/mol. The number of alkyl halides is 1. The molecule has 0 spiro atoms. The molecule has 20 heavy (non-hydrogen) atoms. The Balaban J connectivity index is 2.33. The van der Waals surface area contributed by atoms with Crippen molar-refractivity contribution < 1.29 is 8.78 Å². The van der Waals surface area contributed by atoms with Crippen LogP contribution in [-0.4, -0.2) is 0 Å². The first-order valence-corrected chi connectivity index (χ1v) is 8.08. The molecular weight excluding hydrogens is 437 g/mol. The third-order valence-corrected chi connectivity index (χ3v) is 5.19. The van der Waals surface area contributed by atoms with Crippen molar-refractivity contribution in [2.24, 2.45) is 0 Å². The molecule has 0 aliphatic rings. The fraction of sp³-hybridized carbons (Fsp3) is 0.143. The van der Waals surface area contributed by atoms with Crippen LogP contribution in [0.25, 0.3) is 0 Å². The minimum atomic E-state index is -0.428. The van der Waals surface area contributed by atoms with E-state index in [1.54, 1.807) is 6.07 Å². The van der Waals surface area contributed by atoms with E-state index in [-0.39, 0.29) is 6.42 Å². The molecular formula is C14H8Br2Cl2F2. The Hall–Kier alpha value is -0.160. The molecule has 0 saturated heterocycles. The lowest BCUT2D eigenvalue weighted by Gasteiger charge is -2.14. The minimum Gasteiger partial charge on any atom is -0.207 e. The van der Waals surface area contributed by atoms with Crippen LogP contribution in [-0.2, 0) is 6.42 Å². The Labute approximate surface area is 142 Å². The van der Waals surface area contributed by atoms with Crippen molar-refractivity contribution >= 4 is 55.1 Å². The van der Waals surface area contributed by atoms with Gasteiger partial charge in [0.05, 0.1) is 5.02 Å². The van der Waals surface area contributed by atoms with Gasteiger partial charge in [0.15, 0.2) is 0 Å². The molecule has 6 heteroatoms. The third kappa shape index (κ3) is 3.53. The van der Waals surface area contributed by atoms with Crippen LogP contribution in [0, 0.1) is 11.6 Å². The fourth-order valence-electron chi connectivity index (χ4n) is 1.79. The van der Waals surface area contributed by atoms with Crippen LogP contribution < -0.4 is 0 Å². The van der Waals surface area contributed by atoms with Crippen molar-refractivity contribution in [2.45, 2.75) is 11.2 Å². The highest BCUT2D eigenvalue weighted by Crippen LogP contribution is 2.36. The van der Waals surface area contributed by atoms with Crippen molar-refractivity contribution in [3.63, 3.8) is 0 Å². The van der Waals surface area contributed by atoms with Crippen LogP contribution in [0.4, 0.5) is 8.78 Å². The lowest BCUT2D eigenvalue weighted by atomic mass is 10.0. The second-order valence-corrected chi connectivity index (χ2v) is 6.93. The molecule has 0 radical (unpaired) electrons. The van der Waals surface area contributed by atoms with Gasteiger partial charge in [-0.3, -0.25) is 0 Å². The summed E-state index contributed by atoms with van der Waals surface area (Å²) < 4.78 is 28.2. The quantitative estimate of drug-likeness (QED) is 0.364. The van der Waals surface area contributed by atoms with Crippen LogP contribution in [0.5, 0.6) is 0 Å². The summed E-state index contributed by atoms with van der Waals surface area (Å²) in [6.45, 7) is 0. The Morgan fingerprint density at radius 1 is 1.05 bits per heavy atom. The zero-order valence-electron chi connectivity index (χ0n) is 9.94. The molecule has 2 aromatic rings. The maximum absolute atomic E-state index is 13.9. The number of hydrogen-bond acceptors (Lipinski definition) is 0. The first kappa shape index (κ1) is 16.2. The summed E-state index contributed by atoms with van der Waals surface area (Å²) in [4.78, 5) is -0.428. The van der Waals surface area contributed by atoms with Gasteiger partial charge in [-0.05, 0) is 46.6 Å². The SMILES string of the molecule is Fc1cc(Br)c(Cl)cc1C(Br)Cc1c(F)cccc1Cl. The van der Waals surface area contributed by atoms with E-state index in [1.807, 2.05) is 0 Å². The van der Waals surface area contributed by atoms with Crippen LogP contribution in [0.2, 0.25) is 10.0 Å². The topological polar surface area (TPSA) is 0 Å². The third-order valence-electron chi connectivity index (χ3n) is 2.82. The summed E-state index contributed by atoms with van der Waals surface area (Å²) in [7, 11) is 0. The van der Waals surface area contributed by atoms with E-state index in [2.05, 4.69) is 31.9 Å². The van der Waals surface area contributed by atoms with Gasteiger partial charge in [-0.2, -0.15) is 0 Å². The number of halogens is 6. The lowest BCUT2D eigenvalue weighted by molar-refractivity contribution is 0.594. The summed E-state index contributed by atoms with van der Waals surface area (Å²) in [6.07, 6.45) is 0.223. The molecule has 1 atom stereocenters. The molecule has 0 fully saturated rings. The summed E-state index contributed by atoms with van der Waals surface area (Å²) in [5.41, 5.74) is 0.701. The maximum Gasteiger partial charge on any atom is 0.128 e. The van der Waals surface area contributed by atoms with E-state index >= 15 is 0 Å². The van der Waals surface area contributed by atoms with Crippen LogP contribution in [0.1, 0.15) is 16.0 Å². The van der Waals surface area contributed by atoms with Crippen molar-refractivity contribution in [2.75, 3.05) is 0 Å². The molecule has 1 unspecified atom stereocenters. The standard InChI is InChI=1S/C14H8Br2Cl2F2/c15-9(4-8-11(17)2-1-3-13(8)19)7-5-12(18)10(16)6-14(7)20/h1-3,5-6,9H,4H2. The molecule has 0 aromatic heterocycles. The van der Waals surface area contributed by atoms with Gasteiger partial charge in [-0.25, -0.2) is 8.78 Å². The molecule has 0 N–H and O–H groups in total. The van der Waals surface area contributed by atoms with E-state index in [4.69, 9.17) is 23.2 Å². The van der Waals surface area contributed by atoms with E-state index in [9.17, 15) is 8.78 Å². The number of hydrogen-bond donors (Lipinski definition) is 0. The Kier molecular flexibility index (Phi) is 5.46. The molecule has 0 bridgehead atoms. The van der Waals surface area contributed by atoms with Gasteiger partial charge >= 0.3 is 0 Å². The second-order valence-electron chi connectivity index (χ2n) is 4.16. The Morgan fingerprint density at radius 3 is 2.40 bits per heavy atom. The molecule has 106 valence electrons. The molecule has 0 nitrogen and oxygen atoms in total. The number of benzene rings is 2. The number of rotatable bonds is 3. The van der Waals surface area contributed by atoms with Crippen LogP contribution in [0.15, 0.2) is 34.8 Å². The zero-order valence-corrected chi connectivity index (χ0v) is 14.6. The normalized spacial score (nSPS) is 12.5.